The molecule has 0 amide bonds. The Labute approximate surface area is 525 Å². The molecule has 0 spiro atoms. The van der Waals surface area contributed by atoms with Crippen molar-refractivity contribution < 1.29 is 205 Å². The molecule has 4 heterocycles. The Bertz CT molecular complexity index is 2540. The minimum atomic E-state index is -5.17. The van der Waals surface area contributed by atoms with E-state index in [0.717, 1.165) is 21.3 Å². The van der Waals surface area contributed by atoms with Crippen LogP contribution in [0.1, 0.15) is 13.8 Å². The van der Waals surface area contributed by atoms with Crippen LogP contribution in [0.4, 0.5) is 0 Å². The van der Waals surface area contributed by atoms with Gasteiger partial charge in [0.05, 0.1) is 38.6 Å². The van der Waals surface area contributed by atoms with Crippen molar-refractivity contribution in [3.05, 3.63) is 0 Å². The van der Waals surface area contributed by atoms with Crippen LogP contribution >= 0.6 is 0 Å². The van der Waals surface area contributed by atoms with Crippen LogP contribution in [-0.4, -0.2) is 367 Å². The summed E-state index contributed by atoms with van der Waals surface area (Å²) < 4.78 is 148. The van der Waals surface area contributed by atoms with Crippen molar-refractivity contribution in [1.82, 2.24) is 0 Å². The maximum absolute atomic E-state index is 11.2. The standard InChI is InChI=1S/2C20H39N7O12.3H2O4S/c2*1-4-20(35,3-29)15(39-16-6(21)10(31)9(30)5(2-28)37-16)17(36-4)38-14-8(27-19(24)25)11(32)7(26-18(22)23)12(33)13(14)34;3*1-5(2,3)4/h2*4-17,28-35H,2-3,21H2,1H3,(H4,22,23,26)(H4,24,25,27);3*(H2,1,2,3,4). The Balaban J connectivity index is 0.000000519. The lowest BCUT2D eigenvalue weighted by Crippen LogP contribution is -3.08. The first kappa shape index (κ1) is 85.4. The van der Waals surface area contributed by atoms with Gasteiger partial charge in [-0.15, -0.1) is 0 Å². The number of aliphatic hydroxyl groups is 16. The second-order valence-corrected chi connectivity index (χ2v) is 24.1. The van der Waals surface area contributed by atoms with E-state index in [9.17, 15) is 81.7 Å². The fourth-order valence-electron chi connectivity index (χ4n) is 10.4. The lowest BCUT2D eigenvalue weighted by Gasteiger charge is -2.44. The largest absolute Gasteiger partial charge is 0.759 e. The molecule has 0 bridgehead atoms. The molecule has 30 atom stereocenters. The zero-order valence-electron chi connectivity index (χ0n) is 48.6. The van der Waals surface area contributed by atoms with E-state index in [4.69, 9.17) is 135 Å². The molecule has 53 heteroatoms. The summed E-state index contributed by atoms with van der Waals surface area (Å²) in [6, 6.07) is -7.21. The molecule has 30 unspecified atom stereocenters. The molecule has 42 N–H and O–H groups in total. The monoisotopic (exact) mass is 1430 g/mol. The molecule has 4 saturated heterocycles. The Hall–Kier alpha value is -3.71. The summed E-state index contributed by atoms with van der Waals surface area (Å²) in [6.07, 6.45) is -33.0. The average Bonchev–Trinajstić information content (AvgIpc) is 1.70. The Morgan fingerprint density at radius 3 is 0.903 bits per heavy atom. The summed E-state index contributed by atoms with van der Waals surface area (Å²) in [6.45, 7) is -0.383. The average molecular weight is 1430 g/mol. The Morgan fingerprint density at radius 2 is 0.677 bits per heavy atom. The highest BCUT2D eigenvalue weighted by Crippen LogP contribution is 2.40. The smallest absolute Gasteiger partial charge is 0.289 e. The van der Waals surface area contributed by atoms with Crippen LogP contribution < -0.4 is 55.7 Å². The highest BCUT2D eigenvalue weighted by molar-refractivity contribution is 7.80. The number of quaternary nitrogens is 6. The fraction of sp³-hybridized carbons (Fsp3) is 0.900. The second-order valence-electron chi connectivity index (χ2n) is 21.6. The van der Waals surface area contributed by atoms with Gasteiger partial charge in [-0.25, -0.2) is 21.6 Å². The van der Waals surface area contributed by atoms with E-state index >= 15 is 0 Å². The predicted molar refractivity (Wildman–Crippen MR) is 279 cm³/mol. The SMILES string of the molecule is CC1OC(OC2C(O)C(O)C([NH2+]C(=N)N)C(O)C2[NH2+]C(=N)N)C(OC2OC(CO)C(O)C(O)C2[NH3+])C1(O)CO.CC1OC(OC2C(O)C(O)C([NH2+]C(=N)N)C(O)C2[NH2+]C(=N)N)C(OC2OC(CO)C(O)C(O)C2[NH3+])C1(O)CO.O=S(=O)([O-])[O-].O=S(=O)([O-])[O-].O=S(=O)([O-])[O-]. The molecular formula is C40H84N14O36S3. The molecular weight excluding hydrogens is 1350 g/mol. The summed E-state index contributed by atoms with van der Waals surface area (Å²) in [5.41, 5.74) is 25.0. The van der Waals surface area contributed by atoms with Gasteiger partial charge in [-0.1, -0.05) is 0 Å². The highest BCUT2D eigenvalue weighted by atomic mass is 32.3. The van der Waals surface area contributed by atoms with Gasteiger partial charge in [0.15, 0.2) is 61.0 Å². The van der Waals surface area contributed by atoms with E-state index in [1.54, 1.807) is 0 Å². The molecule has 0 aromatic heterocycles. The maximum Gasteiger partial charge on any atom is 0.289 e. The number of guanidine groups is 4. The van der Waals surface area contributed by atoms with Crippen LogP contribution in [0.15, 0.2) is 0 Å². The third kappa shape index (κ3) is 23.8. The quantitative estimate of drug-likeness (QED) is 0.0295. The minimum Gasteiger partial charge on any atom is -0.759 e. The van der Waals surface area contributed by atoms with E-state index < -0.39 is 264 Å². The Morgan fingerprint density at radius 1 is 0.430 bits per heavy atom. The summed E-state index contributed by atoms with van der Waals surface area (Å²) in [4.78, 5) is 0. The molecule has 2 aliphatic carbocycles. The molecule has 0 aromatic carbocycles. The zero-order valence-corrected chi connectivity index (χ0v) is 51.0. The third-order valence-electron chi connectivity index (χ3n) is 15.2. The first-order chi connectivity index (χ1) is 42.3. The molecule has 6 fully saturated rings. The molecule has 548 valence electrons. The van der Waals surface area contributed by atoms with Gasteiger partial charge in [-0.2, -0.15) is 0 Å². The van der Waals surface area contributed by atoms with Gasteiger partial charge in [0.1, 0.15) is 96.7 Å². The molecule has 4 aliphatic heterocycles. The summed E-state index contributed by atoms with van der Waals surface area (Å²) in [7, 11) is -15.5. The van der Waals surface area contributed by atoms with Crippen molar-refractivity contribution in [1.29, 1.82) is 21.6 Å². The number of nitrogens with one attached hydrogen (secondary N) is 4. The van der Waals surface area contributed by atoms with Gasteiger partial charge >= 0.3 is 0 Å². The van der Waals surface area contributed by atoms with Crippen molar-refractivity contribution in [3.63, 3.8) is 0 Å². The first-order valence-corrected chi connectivity index (χ1v) is 30.7. The lowest BCUT2D eigenvalue weighted by molar-refractivity contribution is -0.662. The van der Waals surface area contributed by atoms with Crippen LogP contribution in [-0.2, 0) is 69.1 Å². The highest BCUT2D eigenvalue weighted by Gasteiger charge is 2.64. The van der Waals surface area contributed by atoms with Crippen molar-refractivity contribution in [2.24, 2.45) is 22.9 Å². The van der Waals surface area contributed by atoms with Gasteiger partial charge in [0, 0.05) is 31.2 Å². The fourth-order valence-corrected chi connectivity index (χ4v) is 10.4. The van der Waals surface area contributed by atoms with Crippen LogP contribution in [0.3, 0.4) is 0 Å². The van der Waals surface area contributed by atoms with E-state index in [-0.39, 0.29) is 0 Å². The predicted octanol–water partition coefficient (Wildman–Crippen LogP) is -26.0. The molecule has 93 heavy (non-hydrogen) atoms. The minimum absolute atomic E-state index is 0.482. The topological polar surface area (TPSA) is 960 Å². The second kappa shape index (κ2) is 35.2. The molecule has 6 aliphatic rings. The van der Waals surface area contributed by atoms with E-state index in [1.807, 2.05) is 0 Å². The van der Waals surface area contributed by atoms with E-state index in [2.05, 4.69) is 11.5 Å². The van der Waals surface area contributed by atoms with E-state index in [1.165, 1.54) is 13.8 Å². The van der Waals surface area contributed by atoms with Crippen LogP contribution in [0.25, 0.3) is 0 Å². The zero-order chi connectivity index (χ0) is 72.3. The molecule has 0 aromatic rings. The first-order valence-electron chi connectivity index (χ1n) is 26.7. The van der Waals surface area contributed by atoms with Gasteiger partial charge in [0.2, 0.25) is 12.6 Å². The van der Waals surface area contributed by atoms with Crippen molar-refractivity contribution in [2.45, 2.75) is 196 Å². The van der Waals surface area contributed by atoms with Crippen LogP contribution in [0.5, 0.6) is 0 Å². The normalized spacial score (nSPS) is 42.7. The number of rotatable bonds is 16. The third-order valence-corrected chi connectivity index (χ3v) is 15.2. The van der Waals surface area contributed by atoms with Gasteiger partial charge < -0.3 is 181 Å². The molecule has 2 saturated carbocycles. The van der Waals surface area contributed by atoms with Crippen LogP contribution in [0, 0.1) is 21.6 Å². The summed E-state index contributed by atoms with van der Waals surface area (Å²) in [5, 5.41) is 202. The number of ether oxygens (including phenoxy) is 8. The molecule has 50 nitrogen and oxygen atoms in total. The van der Waals surface area contributed by atoms with Gasteiger partial charge in [-0.3, -0.25) is 46.5 Å². The number of hydrogen-bond acceptors (Lipinski definition) is 40. The van der Waals surface area contributed by atoms with Gasteiger partial charge in [0.25, 0.3) is 23.8 Å². The molecule has 0 radical (unpaired) electrons. The van der Waals surface area contributed by atoms with Crippen molar-refractivity contribution in [3.8, 4) is 0 Å². The Kier molecular flexibility index (Phi) is 32.3. The summed E-state index contributed by atoms with van der Waals surface area (Å²) >= 11 is 0. The lowest BCUT2D eigenvalue weighted by atomic mass is 9.81. The van der Waals surface area contributed by atoms with Gasteiger partial charge in [-0.05, 0) is 13.8 Å². The van der Waals surface area contributed by atoms with Crippen LogP contribution in [0.2, 0.25) is 0 Å². The maximum atomic E-state index is 11.2. The number of nitrogens with two attached hydrogens (primary N) is 8. The van der Waals surface area contributed by atoms with Crippen molar-refractivity contribution >= 4 is 55.0 Å². The van der Waals surface area contributed by atoms with E-state index in [0.29, 0.717) is 0 Å². The molecule has 6 rings (SSSR count). The summed E-state index contributed by atoms with van der Waals surface area (Å²) in [5.74, 6) is -1.97. The number of aliphatic hydroxyl groups excluding tert-OH is 14. The number of hydrogen-bond donors (Lipinski definition) is 30. The van der Waals surface area contributed by atoms with Crippen molar-refractivity contribution in [2.75, 3.05) is 26.4 Å².